The minimum Gasteiger partial charge on any atom is -0.397 e. The smallest absolute Gasteiger partial charge is 0.151 e. The molecule has 1 saturated heterocycles. The number of pyridine rings is 1. The maximum atomic E-state index is 5.74. The summed E-state index contributed by atoms with van der Waals surface area (Å²) < 4.78 is 1.86. The highest BCUT2D eigenvalue weighted by atomic mass is 15.3. The van der Waals surface area contributed by atoms with Gasteiger partial charge in [0.15, 0.2) is 5.82 Å². The van der Waals surface area contributed by atoms with Crippen LogP contribution in [-0.4, -0.2) is 22.7 Å². The van der Waals surface area contributed by atoms with E-state index in [4.69, 9.17) is 5.73 Å². The van der Waals surface area contributed by atoms with Gasteiger partial charge in [0, 0.05) is 19.2 Å². The quantitative estimate of drug-likeness (QED) is 0.792. The van der Waals surface area contributed by atoms with Crippen molar-refractivity contribution in [2.24, 2.45) is 0 Å². The number of hydrogen-bond acceptors (Lipinski definition) is 3. The molecule has 1 aliphatic heterocycles. The summed E-state index contributed by atoms with van der Waals surface area (Å²) in [5, 5.41) is 4.56. The van der Waals surface area contributed by atoms with Crippen LogP contribution in [0.25, 0.3) is 5.52 Å². The maximum Gasteiger partial charge on any atom is 0.151 e. The lowest BCUT2D eigenvalue weighted by molar-refractivity contribution is 0.572. The number of hydrogen-bond donors (Lipinski definition) is 1. The molecule has 4 heteroatoms. The molecule has 1 aliphatic rings. The third-order valence-electron chi connectivity index (χ3n) is 3.15. The molecule has 2 N–H and O–H groups in total. The van der Waals surface area contributed by atoms with Crippen molar-refractivity contribution in [2.45, 2.75) is 19.3 Å². The first kappa shape index (κ1) is 9.51. The first-order valence-electron chi connectivity index (χ1n) is 5.83. The van der Waals surface area contributed by atoms with E-state index in [1.54, 1.807) is 0 Å². The number of aromatic nitrogens is 2. The van der Waals surface area contributed by atoms with E-state index in [1.165, 1.54) is 19.3 Å². The van der Waals surface area contributed by atoms with Crippen molar-refractivity contribution in [1.29, 1.82) is 0 Å². The van der Waals surface area contributed by atoms with Gasteiger partial charge in [-0.2, -0.15) is 5.10 Å². The normalized spacial score (nSPS) is 16.9. The van der Waals surface area contributed by atoms with Gasteiger partial charge in [-0.05, 0) is 31.4 Å². The van der Waals surface area contributed by atoms with Gasteiger partial charge >= 0.3 is 0 Å². The monoisotopic (exact) mass is 216 g/mol. The van der Waals surface area contributed by atoms with Crippen LogP contribution >= 0.6 is 0 Å². The number of fused-ring (bicyclic) bond motifs is 1. The second kappa shape index (κ2) is 3.70. The van der Waals surface area contributed by atoms with Crippen molar-refractivity contribution in [1.82, 2.24) is 9.61 Å². The zero-order valence-electron chi connectivity index (χ0n) is 9.26. The summed E-state index contributed by atoms with van der Waals surface area (Å²) in [5.41, 5.74) is 7.59. The molecule has 0 bridgehead atoms. The number of anilines is 2. The molecule has 0 amide bonds. The summed E-state index contributed by atoms with van der Waals surface area (Å²) in [7, 11) is 0. The average Bonchev–Trinajstić information content (AvgIpc) is 2.73. The molecular formula is C12H16N4. The largest absolute Gasteiger partial charge is 0.397 e. The Morgan fingerprint density at radius 1 is 1.12 bits per heavy atom. The van der Waals surface area contributed by atoms with Crippen molar-refractivity contribution in [3.63, 3.8) is 0 Å². The molecule has 2 aromatic rings. The lowest BCUT2D eigenvalue weighted by Gasteiger charge is -2.26. The highest BCUT2D eigenvalue weighted by Gasteiger charge is 2.13. The van der Waals surface area contributed by atoms with E-state index in [-0.39, 0.29) is 0 Å². The molecule has 1 fully saturated rings. The third-order valence-corrected chi connectivity index (χ3v) is 3.15. The van der Waals surface area contributed by atoms with Crippen LogP contribution in [0, 0.1) is 0 Å². The van der Waals surface area contributed by atoms with Gasteiger partial charge in [-0.1, -0.05) is 0 Å². The minimum absolute atomic E-state index is 0.751. The molecular weight excluding hydrogens is 200 g/mol. The van der Waals surface area contributed by atoms with Gasteiger partial charge in [0.2, 0.25) is 0 Å². The molecule has 16 heavy (non-hydrogen) atoms. The predicted octanol–water partition coefficient (Wildman–Crippen LogP) is 1.91. The molecule has 0 spiro atoms. The fourth-order valence-electron chi connectivity index (χ4n) is 2.27. The molecule has 0 unspecified atom stereocenters. The van der Waals surface area contributed by atoms with E-state index in [9.17, 15) is 0 Å². The molecule has 0 atom stereocenters. The average molecular weight is 216 g/mol. The molecule has 0 aromatic carbocycles. The zero-order valence-corrected chi connectivity index (χ0v) is 9.26. The van der Waals surface area contributed by atoms with Crippen LogP contribution in [0.1, 0.15) is 19.3 Å². The Labute approximate surface area is 94.7 Å². The molecule has 2 aromatic heterocycles. The van der Waals surface area contributed by atoms with E-state index in [0.29, 0.717) is 0 Å². The number of rotatable bonds is 1. The van der Waals surface area contributed by atoms with Gasteiger partial charge in [-0.3, -0.25) is 0 Å². The fraction of sp³-hybridized carbons (Fsp3) is 0.417. The van der Waals surface area contributed by atoms with Crippen LogP contribution in [0.5, 0.6) is 0 Å². The van der Waals surface area contributed by atoms with E-state index in [1.807, 2.05) is 22.8 Å². The molecule has 4 nitrogen and oxygen atoms in total. The Balaban J connectivity index is 1.97. The van der Waals surface area contributed by atoms with Gasteiger partial charge in [0.25, 0.3) is 0 Å². The van der Waals surface area contributed by atoms with Crippen LogP contribution in [0.15, 0.2) is 24.4 Å². The van der Waals surface area contributed by atoms with Gasteiger partial charge < -0.3 is 10.6 Å². The minimum atomic E-state index is 0.751. The fourth-order valence-corrected chi connectivity index (χ4v) is 2.27. The SMILES string of the molecule is Nc1ccc2cc(N3CCCCC3)nn2c1. The van der Waals surface area contributed by atoms with E-state index >= 15 is 0 Å². The summed E-state index contributed by atoms with van der Waals surface area (Å²) in [6.45, 7) is 2.25. The van der Waals surface area contributed by atoms with Crippen molar-refractivity contribution >= 4 is 17.0 Å². The molecule has 3 heterocycles. The number of nitrogens with two attached hydrogens (primary N) is 1. The lowest BCUT2D eigenvalue weighted by Crippen LogP contribution is -2.29. The van der Waals surface area contributed by atoms with Gasteiger partial charge in [-0.25, -0.2) is 4.52 Å². The maximum absolute atomic E-state index is 5.74. The second-order valence-electron chi connectivity index (χ2n) is 4.38. The summed E-state index contributed by atoms with van der Waals surface area (Å²) in [6, 6.07) is 6.05. The second-order valence-corrected chi connectivity index (χ2v) is 4.38. The van der Waals surface area contributed by atoms with Crippen molar-refractivity contribution in [3.8, 4) is 0 Å². The van der Waals surface area contributed by atoms with Crippen LogP contribution < -0.4 is 10.6 Å². The Kier molecular flexibility index (Phi) is 2.20. The van der Waals surface area contributed by atoms with Gasteiger partial charge in [0.1, 0.15) is 0 Å². The Hall–Kier alpha value is -1.71. The highest BCUT2D eigenvalue weighted by molar-refractivity contribution is 5.59. The Morgan fingerprint density at radius 3 is 2.75 bits per heavy atom. The third kappa shape index (κ3) is 1.60. The summed E-state index contributed by atoms with van der Waals surface area (Å²) in [4.78, 5) is 2.35. The summed E-state index contributed by atoms with van der Waals surface area (Å²) >= 11 is 0. The van der Waals surface area contributed by atoms with Crippen molar-refractivity contribution < 1.29 is 0 Å². The Bertz CT molecular complexity index is 497. The topological polar surface area (TPSA) is 46.6 Å². The van der Waals surface area contributed by atoms with E-state index < -0.39 is 0 Å². The summed E-state index contributed by atoms with van der Waals surface area (Å²) in [5.74, 6) is 1.07. The Morgan fingerprint density at radius 2 is 1.94 bits per heavy atom. The van der Waals surface area contributed by atoms with Crippen LogP contribution in [0.3, 0.4) is 0 Å². The molecule has 3 rings (SSSR count). The van der Waals surface area contributed by atoms with Crippen molar-refractivity contribution in [2.75, 3.05) is 23.7 Å². The molecule has 0 aliphatic carbocycles. The lowest BCUT2D eigenvalue weighted by atomic mass is 10.1. The number of nitrogens with zero attached hydrogens (tertiary/aromatic N) is 3. The van der Waals surface area contributed by atoms with Crippen molar-refractivity contribution in [3.05, 3.63) is 24.4 Å². The number of piperidine rings is 1. The van der Waals surface area contributed by atoms with E-state index in [0.717, 1.165) is 30.1 Å². The number of nitrogen functional groups attached to an aromatic ring is 1. The van der Waals surface area contributed by atoms with Crippen LogP contribution in [0.4, 0.5) is 11.5 Å². The van der Waals surface area contributed by atoms with E-state index in [2.05, 4.69) is 16.1 Å². The van der Waals surface area contributed by atoms with Gasteiger partial charge in [0.05, 0.1) is 17.4 Å². The predicted molar refractivity (Wildman–Crippen MR) is 65.7 cm³/mol. The summed E-state index contributed by atoms with van der Waals surface area (Å²) in [6.07, 6.45) is 5.76. The molecule has 84 valence electrons. The molecule has 0 radical (unpaired) electrons. The highest BCUT2D eigenvalue weighted by Crippen LogP contribution is 2.20. The van der Waals surface area contributed by atoms with Gasteiger partial charge in [-0.15, -0.1) is 0 Å². The molecule has 0 saturated carbocycles. The van der Waals surface area contributed by atoms with Crippen LogP contribution in [-0.2, 0) is 0 Å². The first-order chi connectivity index (χ1) is 7.83. The zero-order chi connectivity index (χ0) is 11.0. The van der Waals surface area contributed by atoms with Crippen LogP contribution in [0.2, 0.25) is 0 Å². The first-order valence-corrected chi connectivity index (χ1v) is 5.83. The standard InChI is InChI=1S/C12H16N4/c13-10-4-5-11-8-12(14-16(11)9-10)15-6-2-1-3-7-15/h4-5,8-9H,1-3,6-7,13H2.